The normalized spacial score (nSPS) is 11.5. The topological polar surface area (TPSA) is 99.3 Å². The van der Waals surface area contributed by atoms with Gasteiger partial charge in [0.15, 0.2) is 0 Å². The molecule has 0 fully saturated rings. The molecule has 0 amide bonds. The maximum Gasteiger partial charge on any atom is 0.342 e. The number of thioether (sulfide) groups is 1. The molecule has 0 aliphatic rings. The van der Waals surface area contributed by atoms with Crippen molar-refractivity contribution in [3.05, 3.63) is 64.0 Å². The van der Waals surface area contributed by atoms with Crippen molar-refractivity contribution in [3.8, 4) is 17.2 Å². The van der Waals surface area contributed by atoms with E-state index in [0.717, 1.165) is 11.8 Å². The van der Waals surface area contributed by atoms with E-state index in [0.29, 0.717) is 16.1 Å². The van der Waals surface area contributed by atoms with Crippen molar-refractivity contribution in [1.82, 2.24) is 10.2 Å². The van der Waals surface area contributed by atoms with Gasteiger partial charge >= 0.3 is 5.97 Å². The first-order chi connectivity index (χ1) is 12.0. The van der Waals surface area contributed by atoms with E-state index in [1.165, 1.54) is 18.2 Å². The molecule has 0 radical (unpaired) electrons. The maximum absolute atomic E-state index is 11.4. The second kappa shape index (κ2) is 7.42. The number of carboxylic acids is 1. The van der Waals surface area contributed by atoms with Crippen LogP contribution in [0.2, 0.25) is 5.02 Å². The number of rotatable bonds is 5. The first-order valence-electron chi connectivity index (χ1n) is 7.01. The number of benzene rings is 2. The summed E-state index contributed by atoms with van der Waals surface area (Å²) in [5, 5.41) is 28.9. The molecule has 3 rings (SSSR count). The number of hydrogen-bond acceptors (Lipinski definition) is 6. The van der Waals surface area contributed by atoms with E-state index in [9.17, 15) is 15.0 Å². The third kappa shape index (κ3) is 4.20. The summed E-state index contributed by atoms with van der Waals surface area (Å²) in [5.74, 6) is -1.18. The Morgan fingerprint density at radius 1 is 1.20 bits per heavy atom. The summed E-state index contributed by atoms with van der Waals surface area (Å²) >= 11 is 6.87. The van der Waals surface area contributed by atoms with E-state index in [2.05, 4.69) is 10.2 Å². The molecule has 0 bridgehead atoms. The number of carbonyl (C=O) groups is 1. The van der Waals surface area contributed by atoms with E-state index in [-0.39, 0.29) is 21.8 Å². The SMILES string of the molecule is O=C(O)/C(=C\c1cccc([O-])c1)Sc1nnc(-c2ccccc2Cl)o1. The summed E-state index contributed by atoms with van der Waals surface area (Å²) in [6.07, 6.45) is 1.37. The highest BCUT2D eigenvalue weighted by Crippen LogP contribution is 2.32. The summed E-state index contributed by atoms with van der Waals surface area (Å²) in [4.78, 5) is 11.4. The molecule has 2 aromatic carbocycles. The largest absolute Gasteiger partial charge is 0.872 e. The van der Waals surface area contributed by atoms with Crippen molar-refractivity contribution in [1.29, 1.82) is 0 Å². The summed E-state index contributed by atoms with van der Waals surface area (Å²) in [6, 6.07) is 12.9. The Morgan fingerprint density at radius 3 is 2.72 bits per heavy atom. The molecule has 1 aromatic heterocycles. The highest BCUT2D eigenvalue weighted by Gasteiger charge is 2.17. The monoisotopic (exact) mass is 373 g/mol. The fourth-order valence-corrected chi connectivity index (χ4v) is 2.87. The van der Waals surface area contributed by atoms with E-state index in [4.69, 9.17) is 16.0 Å². The third-order valence-electron chi connectivity index (χ3n) is 3.07. The smallest absolute Gasteiger partial charge is 0.342 e. The van der Waals surface area contributed by atoms with Crippen LogP contribution in [0.5, 0.6) is 5.75 Å². The predicted octanol–water partition coefficient (Wildman–Crippen LogP) is 3.68. The molecule has 1 N–H and O–H groups in total. The molecule has 8 heteroatoms. The van der Waals surface area contributed by atoms with Gasteiger partial charge in [0.2, 0.25) is 5.89 Å². The van der Waals surface area contributed by atoms with Crippen LogP contribution >= 0.6 is 23.4 Å². The second-order valence-corrected chi connectivity index (χ2v) is 6.24. The van der Waals surface area contributed by atoms with Crippen LogP contribution < -0.4 is 5.11 Å². The van der Waals surface area contributed by atoms with Crippen LogP contribution in [0, 0.1) is 0 Å². The first-order valence-corrected chi connectivity index (χ1v) is 8.21. The van der Waals surface area contributed by atoms with Crippen molar-refractivity contribution in [2.45, 2.75) is 5.22 Å². The van der Waals surface area contributed by atoms with Gasteiger partial charge in [-0.2, -0.15) is 0 Å². The molecule has 3 aromatic rings. The fourth-order valence-electron chi connectivity index (χ4n) is 1.98. The van der Waals surface area contributed by atoms with Crippen LogP contribution in [0.4, 0.5) is 0 Å². The molecule has 0 spiro atoms. The van der Waals surface area contributed by atoms with Crippen molar-refractivity contribution < 1.29 is 19.4 Å². The average molecular weight is 374 g/mol. The van der Waals surface area contributed by atoms with Crippen LogP contribution in [0.3, 0.4) is 0 Å². The molecule has 0 aliphatic heterocycles. The first kappa shape index (κ1) is 17.1. The minimum absolute atomic E-state index is 0.0556. The molecule has 0 unspecified atom stereocenters. The van der Waals surface area contributed by atoms with Crippen LogP contribution in [0.25, 0.3) is 17.5 Å². The van der Waals surface area contributed by atoms with Crippen LogP contribution in [-0.2, 0) is 4.79 Å². The number of nitrogens with zero attached hydrogens (tertiary/aromatic N) is 2. The van der Waals surface area contributed by atoms with Crippen molar-refractivity contribution in [2.24, 2.45) is 0 Å². The molecule has 1 heterocycles. The summed E-state index contributed by atoms with van der Waals surface area (Å²) in [5.41, 5.74) is 1.03. The Bertz CT molecular complexity index is 955. The van der Waals surface area contributed by atoms with E-state index in [1.807, 2.05) is 0 Å². The highest BCUT2D eigenvalue weighted by molar-refractivity contribution is 8.03. The van der Waals surface area contributed by atoms with E-state index in [1.54, 1.807) is 36.4 Å². The Hall–Kier alpha value is -2.77. The van der Waals surface area contributed by atoms with Gasteiger partial charge in [-0.05, 0) is 35.5 Å². The molecular weight excluding hydrogens is 364 g/mol. The predicted molar refractivity (Wildman–Crippen MR) is 92.1 cm³/mol. The Morgan fingerprint density at radius 2 is 2.00 bits per heavy atom. The lowest BCUT2D eigenvalue weighted by atomic mass is 10.2. The Labute approximate surface area is 151 Å². The lowest BCUT2D eigenvalue weighted by Gasteiger charge is -2.05. The van der Waals surface area contributed by atoms with Crippen LogP contribution in [0.1, 0.15) is 5.56 Å². The van der Waals surface area contributed by atoms with Gasteiger partial charge in [0.05, 0.1) is 10.6 Å². The van der Waals surface area contributed by atoms with Gasteiger partial charge < -0.3 is 14.6 Å². The lowest BCUT2D eigenvalue weighted by Crippen LogP contribution is -1.97. The zero-order chi connectivity index (χ0) is 17.8. The van der Waals surface area contributed by atoms with Gasteiger partial charge in [-0.25, -0.2) is 4.79 Å². The van der Waals surface area contributed by atoms with Crippen LogP contribution in [-0.4, -0.2) is 21.3 Å². The summed E-state index contributed by atoms with van der Waals surface area (Å²) in [6.45, 7) is 0. The highest BCUT2D eigenvalue weighted by atomic mass is 35.5. The van der Waals surface area contributed by atoms with Gasteiger partial charge in [0.25, 0.3) is 5.22 Å². The summed E-state index contributed by atoms with van der Waals surface area (Å²) < 4.78 is 5.48. The van der Waals surface area contributed by atoms with Gasteiger partial charge in [0, 0.05) is 0 Å². The van der Waals surface area contributed by atoms with Gasteiger partial charge in [-0.3, -0.25) is 0 Å². The number of halogens is 1. The molecule has 25 heavy (non-hydrogen) atoms. The van der Waals surface area contributed by atoms with Crippen molar-refractivity contribution in [3.63, 3.8) is 0 Å². The number of aliphatic carboxylic acids is 1. The zero-order valence-corrected chi connectivity index (χ0v) is 14.1. The quantitative estimate of drug-likeness (QED) is 0.537. The molecular formula is C17H10ClN2O4S-. The molecule has 0 aliphatic carbocycles. The lowest BCUT2D eigenvalue weighted by molar-refractivity contribution is -0.268. The van der Waals surface area contributed by atoms with E-state index >= 15 is 0 Å². The Balaban J connectivity index is 1.87. The average Bonchev–Trinajstić information content (AvgIpc) is 3.03. The molecule has 0 saturated carbocycles. The zero-order valence-electron chi connectivity index (χ0n) is 12.5. The minimum atomic E-state index is -1.17. The molecule has 126 valence electrons. The molecule has 0 atom stereocenters. The van der Waals surface area contributed by atoms with Gasteiger partial charge in [-0.15, -0.1) is 15.9 Å². The van der Waals surface area contributed by atoms with Crippen LogP contribution in [0.15, 0.2) is 63.1 Å². The minimum Gasteiger partial charge on any atom is -0.872 e. The Kier molecular flexibility index (Phi) is 5.06. The number of carboxylic acid groups (broad SMARTS) is 1. The summed E-state index contributed by atoms with van der Waals surface area (Å²) in [7, 11) is 0. The fraction of sp³-hybridized carbons (Fsp3) is 0. The van der Waals surface area contributed by atoms with Gasteiger partial charge in [0.1, 0.15) is 4.91 Å². The number of hydrogen-bond donors (Lipinski definition) is 1. The second-order valence-electron chi connectivity index (χ2n) is 4.84. The molecule has 0 saturated heterocycles. The number of aromatic nitrogens is 2. The van der Waals surface area contributed by atoms with Crippen molar-refractivity contribution >= 4 is 35.4 Å². The van der Waals surface area contributed by atoms with Gasteiger partial charge in [-0.1, -0.05) is 48.0 Å². The standard InChI is InChI=1S/C17H11ClN2O4S/c18-13-7-2-1-6-12(13)15-19-20-17(24-15)25-14(16(22)23)9-10-4-3-5-11(21)8-10/h1-9,21H,(H,22,23)/p-1/b14-9+. The van der Waals surface area contributed by atoms with E-state index < -0.39 is 5.97 Å². The van der Waals surface area contributed by atoms with Crippen molar-refractivity contribution in [2.75, 3.05) is 0 Å². The third-order valence-corrected chi connectivity index (χ3v) is 4.26. The maximum atomic E-state index is 11.4. The molecule has 6 nitrogen and oxygen atoms in total.